The molecule has 0 aliphatic heterocycles. The standard InChI is InChI=1S/C22H15FN8S/c1-10-2-3-15(32-10)19-18-14(4-5-26-19)28-22(29-18)20-16-17(23)13(9-27-21(16)31-30-20)11-6-12(24)8-25-7-11/h2-9H,24H2,1H3,(H,28,29)(H,27,30,31). The number of pyridine rings is 3. The minimum absolute atomic E-state index is 0.241. The van der Waals surface area contributed by atoms with Crippen LogP contribution in [-0.2, 0) is 0 Å². The van der Waals surface area contributed by atoms with Crippen LogP contribution in [0.15, 0.2) is 49.1 Å². The Hall–Kier alpha value is -4.18. The zero-order chi connectivity index (χ0) is 21.8. The van der Waals surface area contributed by atoms with Crippen LogP contribution in [0.5, 0.6) is 0 Å². The normalized spacial score (nSPS) is 11.6. The van der Waals surface area contributed by atoms with Gasteiger partial charge >= 0.3 is 0 Å². The third kappa shape index (κ3) is 2.84. The minimum atomic E-state index is -0.473. The Morgan fingerprint density at radius 3 is 2.78 bits per heavy atom. The minimum Gasteiger partial charge on any atom is -0.397 e. The lowest BCUT2D eigenvalue weighted by molar-refractivity contribution is 0.642. The Bertz CT molecular complexity index is 1630. The lowest BCUT2D eigenvalue weighted by atomic mass is 10.1. The molecule has 0 fully saturated rings. The van der Waals surface area contributed by atoms with E-state index in [1.54, 1.807) is 29.8 Å². The number of hydrogen-bond donors (Lipinski definition) is 3. The molecule has 6 aromatic rings. The first-order valence-corrected chi connectivity index (χ1v) is 10.6. The van der Waals surface area contributed by atoms with Gasteiger partial charge in [0.1, 0.15) is 22.7 Å². The average molecular weight is 442 g/mol. The Balaban J connectivity index is 1.55. The molecule has 6 aromatic heterocycles. The number of aryl methyl sites for hydroxylation is 1. The average Bonchev–Trinajstić information content (AvgIpc) is 3.51. The quantitative estimate of drug-likeness (QED) is 0.365. The third-order valence-electron chi connectivity index (χ3n) is 5.20. The van der Waals surface area contributed by atoms with Gasteiger partial charge in [-0.15, -0.1) is 11.3 Å². The molecule has 0 saturated heterocycles. The topological polar surface area (TPSA) is 122 Å². The molecule has 156 valence electrons. The monoisotopic (exact) mass is 442 g/mol. The van der Waals surface area contributed by atoms with Crippen molar-refractivity contribution in [1.82, 2.24) is 35.1 Å². The van der Waals surface area contributed by atoms with Crippen LogP contribution in [0.25, 0.3) is 55.3 Å². The van der Waals surface area contributed by atoms with Gasteiger partial charge in [-0.2, -0.15) is 5.10 Å². The molecule has 0 atom stereocenters. The van der Waals surface area contributed by atoms with E-state index in [1.165, 1.54) is 17.3 Å². The second kappa shape index (κ2) is 6.92. The van der Waals surface area contributed by atoms with Crippen molar-refractivity contribution in [2.45, 2.75) is 6.92 Å². The Kier molecular flexibility index (Phi) is 4.02. The van der Waals surface area contributed by atoms with Gasteiger partial charge in [0, 0.05) is 40.8 Å². The van der Waals surface area contributed by atoms with Gasteiger partial charge in [0.05, 0.1) is 21.5 Å². The fourth-order valence-electron chi connectivity index (χ4n) is 3.72. The molecule has 0 aromatic carbocycles. The van der Waals surface area contributed by atoms with Crippen molar-refractivity contribution < 1.29 is 4.39 Å². The fraction of sp³-hybridized carbons (Fsp3) is 0.0455. The van der Waals surface area contributed by atoms with Gasteiger partial charge in [-0.05, 0) is 31.2 Å². The molecule has 0 radical (unpaired) electrons. The summed E-state index contributed by atoms with van der Waals surface area (Å²) in [6.45, 7) is 2.05. The van der Waals surface area contributed by atoms with E-state index in [0.717, 1.165) is 16.1 Å². The molecule has 6 heterocycles. The Morgan fingerprint density at radius 1 is 1.06 bits per heavy atom. The first kappa shape index (κ1) is 18.6. The number of aromatic nitrogens is 7. The molecule has 10 heteroatoms. The number of nitrogens with two attached hydrogens (primary N) is 1. The van der Waals surface area contributed by atoms with Crippen LogP contribution in [0, 0.1) is 12.7 Å². The molecule has 0 unspecified atom stereocenters. The highest BCUT2D eigenvalue weighted by Gasteiger charge is 2.21. The molecule has 0 aliphatic carbocycles. The third-order valence-corrected chi connectivity index (χ3v) is 6.20. The predicted octanol–water partition coefficient (Wildman–Crippen LogP) is 4.72. The fourth-order valence-corrected chi connectivity index (χ4v) is 4.59. The number of imidazole rings is 1. The van der Waals surface area contributed by atoms with E-state index in [1.807, 2.05) is 25.1 Å². The number of nitrogens with one attached hydrogen (secondary N) is 2. The number of H-pyrrole nitrogens is 2. The Labute approximate surface area is 184 Å². The smallest absolute Gasteiger partial charge is 0.159 e. The van der Waals surface area contributed by atoms with Crippen LogP contribution >= 0.6 is 11.3 Å². The number of rotatable bonds is 3. The summed E-state index contributed by atoms with van der Waals surface area (Å²) in [5, 5.41) is 7.34. The summed E-state index contributed by atoms with van der Waals surface area (Å²) < 4.78 is 15.6. The van der Waals surface area contributed by atoms with Crippen LogP contribution in [0.4, 0.5) is 10.1 Å². The summed E-state index contributed by atoms with van der Waals surface area (Å²) in [5.41, 5.74) is 10.0. The number of thiophene rings is 1. The molecule has 0 saturated carbocycles. The molecular weight excluding hydrogens is 427 g/mol. The van der Waals surface area contributed by atoms with E-state index in [2.05, 4.69) is 30.1 Å². The zero-order valence-electron chi connectivity index (χ0n) is 16.7. The molecule has 4 N–H and O–H groups in total. The maximum atomic E-state index is 15.6. The van der Waals surface area contributed by atoms with Gasteiger partial charge < -0.3 is 10.7 Å². The van der Waals surface area contributed by atoms with Crippen molar-refractivity contribution in [2.24, 2.45) is 0 Å². The number of halogens is 1. The second-order valence-electron chi connectivity index (χ2n) is 7.34. The second-order valence-corrected chi connectivity index (χ2v) is 8.63. The van der Waals surface area contributed by atoms with E-state index < -0.39 is 5.82 Å². The highest BCUT2D eigenvalue weighted by atomic mass is 32.1. The summed E-state index contributed by atoms with van der Waals surface area (Å²) in [6.07, 6.45) is 6.22. The highest BCUT2D eigenvalue weighted by molar-refractivity contribution is 7.15. The first-order chi connectivity index (χ1) is 15.6. The van der Waals surface area contributed by atoms with Gasteiger partial charge in [-0.25, -0.2) is 14.4 Å². The number of nitrogens with zero attached hydrogens (tertiary/aromatic N) is 5. The number of hydrogen-bond acceptors (Lipinski definition) is 7. The van der Waals surface area contributed by atoms with E-state index in [-0.39, 0.29) is 10.9 Å². The van der Waals surface area contributed by atoms with Crippen molar-refractivity contribution >= 4 is 39.1 Å². The van der Waals surface area contributed by atoms with Gasteiger partial charge in [0.2, 0.25) is 0 Å². The highest BCUT2D eigenvalue weighted by Crippen LogP contribution is 2.35. The van der Waals surface area contributed by atoms with Crippen LogP contribution in [0.3, 0.4) is 0 Å². The predicted molar refractivity (Wildman–Crippen MR) is 122 cm³/mol. The SMILES string of the molecule is Cc1ccc(-c2nccc3[nH]c(-c4n[nH]c5ncc(-c6cncc(N)c6)c(F)c45)nc23)s1. The van der Waals surface area contributed by atoms with Crippen LogP contribution in [0.1, 0.15) is 4.88 Å². The maximum Gasteiger partial charge on any atom is 0.159 e. The molecule has 0 aliphatic rings. The van der Waals surface area contributed by atoms with Crippen molar-refractivity contribution in [3.05, 3.63) is 59.7 Å². The van der Waals surface area contributed by atoms with Crippen molar-refractivity contribution in [3.63, 3.8) is 0 Å². The summed E-state index contributed by atoms with van der Waals surface area (Å²) >= 11 is 1.64. The number of anilines is 1. The van der Waals surface area contributed by atoms with Crippen molar-refractivity contribution in [1.29, 1.82) is 0 Å². The number of fused-ring (bicyclic) bond motifs is 2. The zero-order valence-corrected chi connectivity index (χ0v) is 17.5. The molecule has 0 amide bonds. The van der Waals surface area contributed by atoms with Crippen LogP contribution < -0.4 is 5.73 Å². The van der Waals surface area contributed by atoms with Crippen molar-refractivity contribution in [2.75, 3.05) is 5.73 Å². The Morgan fingerprint density at radius 2 is 1.97 bits per heavy atom. The summed E-state index contributed by atoms with van der Waals surface area (Å²) in [5.74, 6) is -0.0452. The number of nitrogen functional groups attached to an aromatic ring is 1. The lowest BCUT2D eigenvalue weighted by Gasteiger charge is -2.05. The summed E-state index contributed by atoms with van der Waals surface area (Å²) in [6, 6.07) is 7.56. The molecule has 32 heavy (non-hydrogen) atoms. The lowest BCUT2D eigenvalue weighted by Crippen LogP contribution is -1.93. The molecule has 6 rings (SSSR count). The van der Waals surface area contributed by atoms with E-state index >= 15 is 4.39 Å². The van der Waals surface area contributed by atoms with E-state index in [0.29, 0.717) is 33.9 Å². The van der Waals surface area contributed by atoms with Gasteiger partial charge in [0.15, 0.2) is 11.5 Å². The van der Waals surface area contributed by atoms with Gasteiger partial charge in [0.25, 0.3) is 0 Å². The molecule has 0 bridgehead atoms. The largest absolute Gasteiger partial charge is 0.397 e. The van der Waals surface area contributed by atoms with Gasteiger partial charge in [-0.3, -0.25) is 15.1 Å². The first-order valence-electron chi connectivity index (χ1n) is 9.74. The summed E-state index contributed by atoms with van der Waals surface area (Å²) in [4.78, 5) is 23.1. The molecular formula is C22H15FN8S. The summed E-state index contributed by atoms with van der Waals surface area (Å²) in [7, 11) is 0. The van der Waals surface area contributed by atoms with E-state index in [4.69, 9.17) is 10.7 Å². The van der Waals surface area contributed by atoms with E-state index in [9.17, 15) is 0 Å². The van der Waals surface area contributed by atoms with Crippen LogP contribution in [0.2, 0.25) is 0 Å². The van der Waals surface area contributed by atoms with Gasteiger partial charge in [-0.1, -0.05) is 0 Å². The van der Waals surface area contributed by atoms with Crippen molar-refractivity contribution in [3.8, 4) is 33.2 Å². The van der Waals surface area contributed by atoms with Crippen LogP contribution in [-0.4, -0.2) is 35.1 Å². The number of aromatic amines is 2. The molecule has 8 nitrogen and oxygen atoms in total. The molecule has 0 spiro atoms. The maximum absolute atomic E-state index is 15.6.